The van der Waals surface area contributed by atoms with Crippen LogP contribution in [-0.4, -0.2) is 36.4 Å². The zero-order chi connectivity index (χ0) is 16.0. The molecule has 0 N–H and O–H groups in total. The third kappa shape index (κ3) is 8.61. The Balaban J connectivity index is 5.18. The molecule has 0 saturated heterocycles. The van der Waals surface area contributed by atoms with Crippen LogP contribution in [0.25, 0.3) is 0 Å². The summed E-state index contributed by atoms with van der Waals surface area (Å²) in [4.78, 5) is 0. The van der Waals surface area contributed by atoms with E-state index in [-0.39, 0.29) is 0 Å². The number of rotatable bonds is 14. The average Bonchev–Trinajstić information content (AvgIpc) is 2.51. The Morgan fingerprint density at radius 2 is 1.38 bits per heavy atom. The fourth-order valence-electron chi connectivity index (χ4n) is 3.14. The molecule has 0 aliphatic carbocycles. The first-order valence-electron chi connectivity index (χ1n) is 8.94. The van der Waals surface area contributed by atoms with Crippen molar-refractivity contribution in [3.8, 4) is 0 Å². The molecule has 126 valence electrons. The molecule has 0 aliphatic heterocycles. The zero-order valence-electron chi connectivity index (χ0n) is 15.1. The first kappa shape index (κ1) is 21.5. The predicted molar refractivity (Wildman–Crippen MR) is 96.5 cm³/mol. The van der Waals surface area contributed by atoms with Crippen LogP contribution in [0.4, 0.5) is 0 Å². The zero-order valence-corrected chi connectivity index (χ0v) is 18.0. The summed E-state index contributed by atoms with van der Waals surface area (Å²) >= 11 is -2.32. The van der Waals surface area contributed by atoms with Gasteiger partial charge in [-0.05, 0) is 0 Å². The van der Waals surface area contributed by atoms with Crippen LogP contribution in [0.1, 0.15) is 66.2 Å². The van der Waals surface area contributed by atoms with E-state index in [0.717, 1.165) is 0 Å². The summed E-state index contributed by atoms with van der Waals surface area (Å²) in [6.45, 7) is 9.52. The molecule has 3 heteroatoms. The Morgan fingerprint density at radius 3 is 1.71 bits per heavy atom. The van der Waals surface area contributed by atoms with Gasteiger partial charge in [0.2, 0.25) is 0 Å². The quantitative estimate of drug-likeness (QED) is 0.202. The van der Waals surface area contributed by atoms with Crippen LogP contribution in [0.5, 0.6) is 0 Å². The van der Waals surface area contributed by atoms with Gasteiger partial charge in [-0.15, -0.1) is 0 Å². The third-order valence-electron chi connectivity index (χ3n) is 4.42. The summed E-state index contributed by atoms with van der Waals surface area (Å²) in [5.41, 5.74) is 0. The molecule has 0 bridgehead atoms. The average molecular weight is 405 g/mol. The van der Waals surface area contributed by atoms with Crippen molar-refractivity contribution in [2.75, 3.05) is 13.9 Å². The molecule has 0 amide bonds. The van der Waals surface area contributed by atoms with E-state index in [9.17, 15) is 0 Å². The molecule has 0 rings (SSSR count). The maximum atomic E-state index is 6.17. The molecule has 0 aromatic heterocycles. The second kappa shape index (κ2) is 14.1. The van der Waals surface area contributed by atoms with Crippen LogP contribution in [0.3, 0.4) is 0 Å². The van der Waals surface area contributed by atoms with Crippen molar-refractivity contribution in [1.29, 1.82) is 0 Å². The SMILES string of the molecule is C/C=C/[CH](OCOC)[Sn]([CH2]CCC)([CH2]CCC)[CH2]CCC. The summed E-state index contributed by atoms with van der Waals surface area (Å²) in [7, 11) is 1.73. The number of hydrogen-bond acceptors (Lipinski definition) is 2. The normalized spacial score (nSPS) is 14.0. The number of unbranched alkanes of at least 4 members (excludes halogenated alkanes) is 3. The second-order valence-corrected chi connectivity index (χ2v) is 19.9. The monoisotopic (exact) mass is 406 g/mol. The fourth-order valence-corrected chi connectivity index (χ4v) is 19.7. The number of allylic oxidation sites excluding steroid dienone is 1. The molecule has 0 aliphatic rings. The minimum absolute atomic E-state index is 0.397. The molecule has 0 spiro atoms. The van der Waals surface area contributed by atoms with Gasteiger partial charge in [0, 0.05) is 0 Å². The molecule has 1 atom stereocenters. The van der Waals surface area contributed by atoms with Crippen molar-refractivity contribution in [3.63, 3.8) is 0 Å². The minimum atomic E-state index is -2.32. The number of ether oxygens (including phenoxy) is 2. The Morgan fingerprint density at radius 1 is 0.905 bits per heavy atom. The predicted octanol–water partition coefficient (Wildman–Crippen LogP) is 5.94. The van der Waals surface area contributed by atoms with E-state index in [4.69, 9.17) is 9.47 Å². The van der Waals surface area contributed by atoms with Crippen LogP contribution in [0.15, 0.2) is 12.2 Å². The van der Waals surface area contributed by atoms with E-state index in [2.05, 4.69) is 39.8 Å². The second-order valence-electron chi connectivity index (χ2n) is 6.19. The van der Waals surface area contributed by atoms with Crippen molar-refractivity contribution >= 4 is 18.4 Å². The molecule has 0 heterocycles. The van der Waals surface area contributed by atoms with E-state index >= 15 is 0 Å². The van der Waals surface area contributed by atoms with Crippen molar-refractivity contribution in [3.05, 3.63) is 12.2 Å². The Bertz CT molecular complexity index is 232. The first-order chi connectivity index (χ1) is 10.2. The van der Waals surface area contributed by atoms with Gasteiger partial charge in [0.05, 0.1) is 0 Å². The standard InChI is InChI=1S/C6H11O2.3C4H9.Sn/c1-3-4-5-8-6-7-2;3*1-3-4-2;/h3-5H,6H2,1-2H3;3*1,3-4H2,2H3;/b4-3+;;;;. The molecule has 0 aromatic carbocycles. The molecule has 1 unspecified atom stereocenters. The maximum absolute atomic E-state index is 6.17. The van der Waals surface area contributed by atoms with E-state index in [1.807, 2.05) is 0 Å². The van der Waals surface area contributed by atoms with Gasteiger partial charge in [-0.2, -0.15) is 0 Å². The van der Waals surface area contributed by atoms with E-state index in [0.29, 0.717) is 10.9 Å². The van der Waals surface area contributed by atoms with Crippen LogP contribution >= 0.6 is 0 Å². The van der Waals surface area contributed by atoms with Gasteiger partial charge >= 0.3 is 138 Å². The molecule has 0 saturated carbocycles. The summed E-state index contributed by atoms with van der Waals surface area (Å²) in [5.74, 6) is 0. The summed E-state index contributed by atoms with van der Waals surface area (Å²) in [5, 5.41) is 0. The number of hydrogen-bond donors (Lipinski definition) is 0. The topological polar surface area (TPSA) is 18.5 Å². The van der Waals surface area contributed by atoms with Crippen molar-refractivity contribution in [2.24, 2.45) is 0 Å². The van der Waals surface area contributed by atoms with Gasteiger partial charge in [-0.3, -0.25) is 0 Å². The molecular weight excluding hydrogens is 367 g/mol. The van der Waals surface area contributed by atoms with Crippen LogP contribution < -0.4 is 0 Å². The van der Waals surface area contributed by atoms with Crippen LogP contribution in [0, 0.1) is 0 Å². The fraction of sp³-hybridized carbons (Fsp3) is 0.889. The first-order valence-corrected chi connectivity index (χ1v) is 16.6. The van der Waals surface area contributed by atoms with E-state index in [1.165, 1.54) is 51.8 Å². The van der Waals surface area contributed by atoms with Gasteiger partial charge in [0.25, 0.3) is 0 Å². The third-order valence-corrected chi connectivity index (χ3v) is 20.4. The summed E-state index contributed by atoms with van der Waals surface area (Å²) in [6.07, 6.45) is 12.6. The Labute approximate surface area is 137 Å². The van der Waals surface area contributed by atoms with Gasteiger partial charge in [0.15, 0.2) is 0 Å². The van der Waals surface area contributed by atoms with Crippen LogP contribution in [0.2, 0.25) is 13.3 Å². The van der Waals surface area contributed by atoms with E-state index in [1.54, 1.807) is 7.11 Å². The molecule has 2 nitrogen and oxygen atoms in total. The van der Waals surface area contributed by atoms with Gasteiger partial charge in [0.1, 0.15) is 0 Å². The van der Waals surface area contributed by atoms with Crippen LogP contribution in [-0.2, 0) is 9.47 Å². The molecular formula is C18H38O2Sn. The molecule has 21 heavy (non-hydrogen) atoms. The van der Waals surface area contributed by atoms with Crippen molar-refractivity contribution in [2.45, 2.75) is 83.6 Å². The Kier molecular flexibility index (Phi) is 14.4. The van der Waals surface area contributed by atoms with Gasteiger partial charge < -0.3 is 0 Å². The molecule has 0 fully saturated rings. The van der Waals surface area contributed by atoms with Crippen molar-refractivity contribution in [1.82, 2.24) is 0 Å². The number of methoxy groups -OCH3 is 1. The molecule has 0 radical (unpaired) electrons. The van der Waals surface area contributed by atoms with Gasteiger partial charge in [-0.1, -0.05) is 0 Å². The Hall–Kier alpha value is 0.459. The molecule has 0 aromatic rings. The van der Waals surface area contributed by atoms with E-state index < -0.39 is 18.4 Å². The van der Waals surface area contributed by atoms with Gasteiger partial charge in [-0.25, -0.2) is 0 Å². The van der Waals surface area contributed by atoms with Crippen molar-refractivity contribution < 1.29 is 9.47 Å². The summed E-state index contributed by atoms with van der Waals surface area (Å²) in [6, 6.07) is 0. The summed E-state index contributed by atoms with van der Waals surface area (Å²) < 4.78 is 16.2.